The number of benzene rings is 2. The Balaban J connectivity index is 1.52. The minimum absolute atomic E-state index is 0.0405. The molecule has 34 heavy (non-hydrogen) atoms. The second-order valence-corrected chi connectivity index (χ2v) is 7.76. The molecule has 1 N–H and O–H groups in total. The molecule has 0 aliphatic carbocycles. The number of rotatable bonds is 7. The van der Waals surface area contributed by atoms with Gasteiger partial charge >= 0.3 is 5.63 Å². The third-order valence-corrected chi connectivity index (χ3v) is 5.50. The zero-order valence-electron chi connectivity index (χ0n) is 18.8. The fraction of sp³-hybridized carbons (Fsp3) is 0.208. The number of hydrogen-bond donors (Lipinski definition) is 1. The highest BCUT2D eigenvalue weighted by molar-refractivity contribution is 5.90. The maximum absolute atomic E-state index is 12.7. The van der Waals surface area contributed by atoms with Crippen LogP contribution < -0.4 is 15.7 Å². The highest BCUT2D eigenvalue weighted by atomic mass is 16.6. The lowest BCUT2D eigenvalue weighted by atomic mass is 10.0. The Morgan fingerprint density at radius 3 is 2.59 bits per heavy atom. The van der Waals surface area contributed by atoms with Crippen LogP contribution in [0.5, 0.6) is 5.75 Å². The normalized spacial score (nSPS) is 10.9. The van der Waals surface area contributed by atoms with E-state index in [1.54, 1.807) is 37.3 Å². The second-order valence-electron chi connectivity index (χ2n) is 7.76. The number of nitrogens with zero attached hydrogens (tertiary/aromatic N) is 3. The van der Waals surface area contributed by atoms with Crippen molar-refractivity contribution < 1.29 is 18.9 Å². The number of nitro benzene ring substituents is 1. The van der Waals surface area contributed by atoms with Gasteiger partial charge in [0.05, 0.1) is 23.4 Å². The molecule has 4 aromatic rings. The molecule has 2 aromatic carbocycles. The van der Waals surface area contributed by atoms with Gasteiger partial charge in [0.1, 0.15) is 17.2 Å². The van der Waals surface area contributed by atoms with E-state index in [1.807, 2.05) is 13.0 Å². The monoisotopic (exact) mass is 462 g/mol. The summed E-state index contributed by atoms with van der Waals surface area (Å²) in [5.74, 6) is 0.699. The average Bonchev–Trinajstić information content (AvgIpc) is 3.18. The van der Waals surface area contributed by atoms with Crippen molar-refractivity contribution in [2.24, 2.45) is 0 Å². The first-order chi connectivity index (χ1) is 16.3. The Kier molecular flexibility index (Phi) is 6.13. The molecule has 10 heteroatoms. The SMILES string of the molecule is COc1ccc2c(C)c(CCC(=O)Nc3cc(C)nn3-c3ccc([N+](=O)[O-])cc3)c(=O)oc2c1. The molecule has 2 heterocycles. The van der Waals surface area contributed by atoms with Crippen LogP contribution in [0.15, 0.2) is 57.7 Å². The Morgan fingerprint density at radius 1 is 1.18 bits per heavy atom. The fourth-order valence-electron chi connectivity index (χ4n) is 3.74. The van der Waals surface area contributed by atoms with Gasteiger partial charge in [-0.1, -0.05) is 0 Å². The molecule has 0 fully saturated rings. The first-order valence-corrected chi connectivity index (χ1v) is 10.5. The Morgan fingerprint density at radius 2 is 1.91 bits per heavy atom. The number of nitro groups is 1. The Bertz CT molecular complexity index is 1450. The first-order valence-electron chi connectivity index (χ1n) is 10.5. The number of nitrogens with one attached hydrogen (secondary N) is 1. The molecular formula is C24H22N4O6. The topological polar surface area (TPSA) is 130 Å². The predicted molar refractivity (Wildman–Crippen MR) is 126 cm³/mol. The van der Waals surface area contributed by atoms with Crippen LogP contribution in [0.25, 0.3) is 16.7 Å². The molecule has 0 saturated carbocycles. The molecule has 4 rings (SSSR count). The van der Waals surface area contributed by atoms with E-state index in [1.165, 1.54) is 23.9 Å². The summed E-state index contributed by atoms with van der Waals surface area (Å²) in [6.45, 7) is 3.60. The molecule has 174 valence electrons. The van der Waals surface area contributed by atoms with Crippen LogP contribution in [0.3, 0.4) is 0 Å². The highest BCUT2D eigenvalue weighted by Crippen LogP contribution is 2.25. The summed E-state index contributed by atoms with van der Waals surface area (Å²) in [4.78, 5) is 35.7. The van der Waals surface area contributed by atoms with E-state index in [2.05, 4.69) is 10.4 Å². The lowest BCUT2D eigenvalue weighted by molar-refractivity contribution is -0.384. The summed E-state index contributed by atoms with van der Waals surface area (Å²) >= 11 is 0. The summed E-state index contributed by atoms with van der Waals surface area (Å²) in [6.07, 6.45) is 0.254. The number of methoxy groups -OCH3 is 1. The molecule has 0 aliphatic rings. The van der Waals surface area contributed by atoms with Crippen LogP contribution in [0.2, 0.25) is 0 Å². The molecule has 1 amide bonds. The molecule has 0 spiro atoms. The predicted octanol–water partition coefficient (Wildman–Crippen LogP) is 4.08. The summed E-state index contributed by atoms with van der Waals surface area (Å²) in [6, 6.07) is 12.8. The largest absolute Gasteiger partial charge is 0.497 e. The maximum atomic E-state index is 12.7. The Labute approximate surface area is 193 Å². The van der Waals surface area contributed by atoms with Crippen LogP contribution in [0.1, 0.15) is 23.2 Å². The lowest BCUT2D eigenvalue weighted by Crippen LogP contribution is -2.18. The second kappa shape index (κ2) is 9.18. The van der Waals surface area contributed by atoms with Crippen molar-refractivity contribution in [1.29, 1.82) is 0 Å². The van der Waals surface area contributed by atoms with Crippen molar-refractivity contribution in [2.75, 3.05) is 12.4 Å². The minimum Gasteiger partial charge on any atom is -0.497 e. The van der Waals surface area contributed by atoms with E-state index >= 15 is 0 Å². The number of non-ortho nitro benzene ring substituents is 1. The van der Waals surface area contributed by atoms with E-state index in [9.17, 15) is 19.7 Å². The first kappa shape index (κ1) is 22.7. The van der Waals surface area contributed by atoms with Crippen molar-refractivity contribution in [1.82, 2.24) is 9.78 Å². The van der Waals surface area contributed by atoms with E-state index in [4.69, 9.17) is 9.15 Å². The summed E-state index contributed by atoms with van der Waals surface area (Å²) in [5.41, 5.74) is 2.32. The summed E-state index contributed by atoms with van der Waals surface area (Å²) in [7, 11) is 1.54. The molecule has 0 unspecified atom stereocenters. The molecule has 0 radical (unpaired) electrons. The van der Waals surface area contributed by atoms with Gasteiger partial charge in [-0.05, 0) is 50.1 Å². The third-order valence-electron chi connectivity index (χ3n) is 5.50. The minimum atomic E-state index is -0.488. The molecule has 10 nitrogen and oxygen atoms in total. The zero-order chi connectivity index (χ0) is 24.4. The summed E-state index contributed by atoms with van der Waals surface area (Å²) in [5, 5.41) is 18.8. The number of aryl methyl sites for hydroxylation is 2. The zero-order valence-corrected chi connectivity index (χ0v) is 18.8. The van der Waals surface area contributed by atoms with Gasteiger partial charge in [-0.3, -0.25) is 14.9 Å². The van der Waals surface area contributed by atoms with Crippen molar-refractivity contribution in [3.05, 3.63) is 85.9 Å². The van der Waals surface area contributed by atoms with E-state index in [0.717, 1.165) is 10.9 Å². The number of amides is 1. The lowest BCUT2D eigenvalue weighted by Gasteiger charge is -2.10. The molecule has 0 bridgehead atoms. The van der Waals surface area contributed by atoms with Gasteiger partial charge in [-0.25, -0.2) is 9.48 Å². The third kappa shape index (κ3) is 4.51. The number of carbonyl (C=O) groups is 1. The van der Waals surface area contributed by atoms with Gasteiger partial charge in [0.25, 0.3) is 5.69 Å². The average molecular weight is 462 g/mol. The van der Waals surface area contributed by atoms with Gasteiger partial charge in [0.15, 0.2) is 0 Å². The Hall–Kier alpha value is -4.47. The van der Waals surface area contributed by atoms with Gasteiger partial charge in [-0.15, -0.1) is 0 Å². The van der Waals surface area contributed by atoms with Crippen LogP contribution in [-0.4, -0.2) is 27.7 Å². The van der Waals surface area contributed by atoms with Gasteiger partial charge in [0, 0.05) is 41.6 Å². The van der Waals surface area contributed by atoms with Gasteiger partial charge in [-0.2, -0.15) is 5.10 Å². The summed E-state index contributed by atoms with van der Waals surface area (Å²) < 4.78 is 12.1. The van der Waals surface area contributed by atoms with Crippen molar-refractivity contribution >= 4 is 28.4 Å². The number of aromatic nitrogens is 2. The van der Waals surface area contributed by atoms with E-state index < -0.39 is 10.5 Å². The van der Waals surface area contributed by atoms with E-state index in [-0.39, 0.29) is 24.4 Å². The number of anilines is 1. The van der Waals surface area contributed by atoms with Crippen LogP contribution in [0.4, 0.5) is 11.5 Å². The molecule has 0 saturated heterocycles. The molecular weight excluding hydrogens is 440 g/mol. The van der Waals surface area contributed by atoms with Crippen molar-refractivity contribution in [3.8, 4) is 11.4 Å². The molecule has 0 aliphatic heterocycles. The van der Waals surface area contributed by atoms with Crippen LogP contribution in [0, 0.1) is 24.0 Å². The van der Waals surface area contributed by atoms with Crippen molar-refractivity contribution in [3.63, 3.8) is 0 Å². The van der Waals surface area contributed by atoms with E-state index in [0.29, 0.717) is 34.1 Å². The maximum Gasteiger partial charge on any atom is 0.339 e. The molecule has 0 atom stereocenters. The quantitative estimate of drug-likeness (QED) is 0.249. The van der Waals surface area contributed by atoms with Crippen LogP contribution in [-0.2, 0) is 11.2 Å². The fourth-order valence-corrected chi connectivity index (χ4v) is 3.74. The number of hydrogen-bond acceptors (Lipinski definition) is 7. The standard InChI is InChI=1S/C24H22N4O6/c1-14-12-22(27(26-14)16-4-6-17(7-5-16)28(31)32)25-23(29)11-10-20-15(2)19-9-8-18(33-3)13-21(19)34-24(20)30/h4-9,12-13H,10-11H2,1-3H3,(H,25,29). The molecule has 2 aromatic heterocycles. The van der Waals surface area contributed by atoms with Crippen molar-refractivity contribution in [2.45, 2.75) is 26.7 Å². The number of ether oxygens (including phenoxy) is 1. The van der Waals surface area contributed by atoms with Gasteiger partial charge < -0.3 is 14.5 Å². The van der Waals surface area contributed by atoms with Gasteiger partial charge in [0.2, 0.25) is 5.91 Å². The number of carbonyl (C=O) groups excluding carboxylic acids is 1. The highest BCUT2D eigenvalue weighted by Gasteiger charge is 2.16. The smallest absolute Gasteiger partial charge is 0.339 e. The number of fused-ring (bicyclic) bond motifs is 1. The van der Waals surface area contributed by atoms with Crippen LogP contribution >= 0.6 is 0 Å².